The predicted octanol–water partition coefficient (Wildman–Crippen LogP) is 1.12. The molecule has 1 aliphatic rings. The smallest absolute Gasteiger partial charge is 0.408 e. The van der Waals surface area contributed by atoms with Crippen LogP contribution in [0.3, 0.4) is 0 Å². The molecule has 0 radical (unpaired) electrons. The number of β-amino-alcohol motifs (C(OH)–C–C–N with tert-alkyl or cyclic N) is 1. The third-order valence-corrected chi connectivity index (χ3v) is 6.63. The molecule has 0 spiro atoms. The number of nitrogens with one attached hydrogen (secondary N) is 1. The fourth-order valence-corrected chi connectivity index (χ4v) is 4.60. The molecule has 2 aromatic carbocycles. The number of benzene rings is 2. The largest absolute Gasteiger partial charge is 0.419 e. The van der Waals surface area contributed by atoms with Gasteiger partial charge in [-0.2, -0.15) is 5.21 Å². The maximum Gasteiger partial charge on any atom is 0.419 e. The predicted molar refractivity (Wildman–Crippen MR) is 127 cm³/mol. The van der Waals surface area contributed by atoms with E-state index in [0.29, 0.717) is 30.0 Å². The number of nitrogens with zero attached hydrogens (tertiary/aromatic N) is 6. The van der Waals surface area contributed by atoms with Gasteiger partial charge in [0, 0.05) is 39.3 Å². The summed E-state index contributed by atoms with van der Waals surface area (Å²) >= 11 is 0. The van der Waals surface area contributed by atoms with Gasteiger partial charge >= 0.3 is 5.76 Å². The van der Waals surface area contributed by atoms with Crippen LogP contribution in [0.4, 0.5) is 0 Å². The quantitative estimate of drug-likeness (QED) is 0.405. The van der Waals surface area contributed by atoms with E-state index >= 15 is 0 Å². The summed E-state index contributed by atoms with van der Waals surface area (Å²) in [6, 6.07) is 12.9. The van der Waals surface area contributed by atoms with E-state index in [1.807, 2.05) is 30.3 Å². The molecule has 0 saturated carbocycles. The SMILES string of the molecule is CN(C(=O)Cc1ccc2oc(=O)n(C)c2c1)[C@H](CN1CC[C@@H](O)C1)c1cccc(-c2nn[nH]n2)c1. The zero-order chi connectivity index (χ0) is 24.5. The number of aliphatic hydroxyl groups excluding tert-OH is 1. The van der Waals surface area contributed by atoms with Crippen LogP contribution in [0.2, 0.25) is 0 Å². The number of likely N-dealkylation sites (tertiary alicyclic amines) is 1. The first-order valence-corrected chi connectivity index (χ1v) is 11.5. The number of carbonyl (C=O) groups excluding carboxylic acids is 1. The van der Waals surface area contributed by atoms with E-state index in [4.69, 9.17) is 4.42 Å². The topological polar surface area (TPSA) is 133 Å². The minimum atomic E-state index is -0.435. The zero-order valence-electron chi connectivity index (χ0n) is 19.6. The van der Waals surface area contributed by atoms with Gasteiger partial charge in [0.05, 0.1) is 24.1 Å². The number of oxazole rings is 1. The van der Waals surface area contributed by atoms with E-state index < -0.39 is 5.76 Å². The number of aliphatic hydroxyl groups is 1. The van der Waals surface area contributed by atoms with Gasteiger partial charge in [-0.1, -0.05) is 24.3 Å². The number of fused-ring (bicyclic) bond motifs is 1. The Balaban J connectivity index is 1.41. The lowest BCUT2D eigenvalue weighted by atomic mass is 10.0. The summed E-state index contributed by atoms with van der Waals surface area (Å²) in [6.45, 7) is 1.94. The van der Waals surface area contributed by atoms with E-state index in [-0.39, 0.29) is 24.5 Å². The van der Waals surface area contributed by atoms with Crippen LogP contribution < -0.4 is 5.76 Å². The zero-order valence-corrected chi connectivity index (χ0v) is 19.6. The summed E-state index contributed by atoms with van der Waals surface area (Å²) in [5.74, 6) is -0.0160. The minimum absolute atomic E-state index is 0.0624. The van der Waals surface area contributed by atoms with E-state index in [1.165, 1.54) is 4.57 Å². The molecule has 0 unspecified atom stereocenters. The summed E-state index contributed by atoms with van der Waals surface area (Å²) in [6.07, 6.45) is 0.544. The lowest BCUT2D eigenvalue weighted by molar-refractivity contribution is -0.131. The van der Waals surface area contributed by atoms with Gasteiger partial charge in [-0.15, -0.1) is 10.2 Å². The van der Waals surface area contributed by atoms with Crippen molar-refractivity contribution in [2.75, 3.05) is 26.7 Å². The number of amides is 1. The summed E-state index contributed by atoms with van der Waals surface area (Å²) in [4.78, 5) is 29.2. The maximum absolute atomic E-state index is 13.4. The molecule has 5 rings (SSSR count). The number of aryl methyl sites for hydroxylation is 1. The first-order valence-electron chi connectivity index (χ1n) is 11.5. The van der Waals surface area contributed by atoms with Gasteiger partial charge in [0.15, 0.2) is 5.58 Å². The molecule has 1 aliphatic heterocycles. The van der Waals surface area contributed by atoms with Gasteiger partial charge in [-0.3, -0.25) is 14.3 Å². The highest BCUT2D eigenvalue weighted by atomic mass is 16.4. The Labute approximate surface area is 201 Å². The Kier molecular flexibility index (Phi) is 6.18. The first-order chi connectivity index (χ1) is 16.9. The van der Waals surface area contributed by atoms with Gasteiger partial charge in [0.1, 0.15) is 0 Å². The highest BCUT2D eigenvalue weighted by Crippen LogP contribution is 2.27. The van der Waals surface area contributed by atoms with Gasteiger partial charge < -0.3 is 14.4 Å². The average Bonchev–Trinajstić information content (AvgIpc) is 3.59. The van der Waals surface area contributed by atoms with Crippen molar-refractivity contribution >= 4 is 17.0 Å². The van der Waals surface area contributed by atoms with Crippen molar-refractivity contribution in [1.29, 1.82) is 0 Å². The number of likely N-dealkylation sites (N-methyl/N-ethyl adjacent to an activating group) is 1. The Morgan fingerprint density at radius 1 is 1.31 bits per heavy atom. The standard InChI is InChI=1S/C24H27N7O4/c1-29(22(33)11-15-6-7-21-19(10-15)30(2)24(34)35-21)20(14-31-9-8-18(32)13-31)16-4-3-5-17(12-16)23-25-27-28-26-23/h3-7,10,12,18,20,32H,8-9,11,13-14H2,1-2H3,(H,25,26,27,28)/t18-,20-/m1/s1. The Hall–Kier alpha value is -3.83. The second kappa shape index (κ2) is 9.43. The number of H-pyrrole nitrogens is 1. The molecule has 1 saturated heterocycles. The molecule has 11 nitrogen and oxygen atoms in total. The lowest BCUT2D eigenvalue weighted by Gasteiger charge is -2.32. The van der Waals surface area contributed by atoms with Crippen LogP contribution in [0.25, 0.3) is 22.5 Å². The molecule has 1 amide bonds. The van der Waals surface area contributed by atoms with E-state index in [9.17, 15) is 14.7 Å². The highest BCUT2D eigenvalue weighted by molar-refractivity contribution is 5.81. The molecule has 0 aliphatic carbocycles. The van der Waals surface area contributed by atoms with Crippen molar-refractivity contribution < 1.29 is 14.3 Å². The maximum atomic E-state index is 13.4. The number of rotatable bonds is 7. The molecule has 11 heteroatoms. The van der Waals surface area contributed by atoms with Crippen LogP contribution in [0.15, 0.2) is 51.7 Å². The van der Waals surface area contributed by atoms with Crippen LogP contribution in [-0.4, -0.2) is 78.8 Å². The van der Waals surface area contributed by atoms with E-state index in [0.717, 1.165) is 29.7 Å². The van der Waals surface area contributed by atoms with Crippen LogP contribution in [0.5, 0.6) is 0 Å². The summed E-state index contributed by atoms with van der Waals surface area (Å²) in [5, 5.41) is 24.3. The summed E-state index contributed by atoms with van der Waals surface area (Å²) in [7, 11) is 3.44. The number of aromatic nitrogens is 5. The van der Waals surface area contributed by atoms with Gasteiger partial charge in [0.2, 0.25) is 11.7 Å². The van der Waals surface area contributed by atoms with Gasteiger partial charge in [-0.25, -0.2) is 4.79 Å². The molecule has 2 N–H and O–H groups in total. The molecule has 3 heterocycles. The average molecular weight is 478 g/mol. The molecule has 35 heavy (non-hydrogen) atoms. The van der Waals surface area contributed by atoms with Crippen molar-refractivity contribution in [3.8, 4) is 11.4 Å². The van der Waals surface area contributed by atoms with Crippen LogP contribution in [0, 0.1) is 0 Å². The molecule has 2 atom stereocenters. The van der Waals surface area contributed by atoms with Crippen molar-refractivity contribution in [1.82, 2.24) is 35.0 Å². The van der Waals surface area contributed by atoms with Crippen molar-refractivity contribution in [3.05, 3.63) is 64.1 Å². The highest BCUT2D eigenvalue weighted by Gasteiger charge is 2.28. The molecule has 182 valence electrons. The van der Waals surface area contributed by atoms with Crippen LogP contribution in [-0.2, 0) is 18.3 Å². The second-order valence-corrected chi connectivity index (χ2v) is 8.99. The van der Waals surface area contributed by atoms with E-state index in [2.05, 4.69) is 25.5 Å². The molecular weight excluding hydrogens is 450 g/mol. The molecule has 4 aromatic rings. The fraction of sp³-hybridized carbons (Fsp3) is 0.375. The molecule has 1 fully saturated rings. The number of hydrogen-bond donors (Lipinski definition) is 2. The minimum Gasteiger partial charge on any atom is -0.408 e. The second-order valence-electron chi connectivity index (χ2n) is 8.99. The third kappa shape index (κ3) is 4.73. The molecule has 2 aromatic heterocycles. The Bertz CT molecular complexity index is 1390. The Morgan fingerprint density at radius 2 is 2.17 bits per heavy atom. The lowest BCUT2D eigenvalue weighted by Crippen LogP contribution is -2.39. The van der Waals surface area contributed by atoms with Crippen molar-refractivity contribution in [2.45, 2.75) is 25.0 Å². The summed E-state index contributed by atoms with van der Waals surface area (Å²) < 4.78 is 6.62. The number of hydrogen-bond acceptors (Lipinski definition) is 8. The number of carbonyl (C=O) groups is 1. The number of tetrazole rings is 1. The van der Waals surface area contributed by atoms with Crippen molar-refractivity contribution in [3.63, 3.8) is 0 Å². The van der Waals surface area contributed by atoms with Gasteiger partial charge in [0.25, 0.3) is 0 Å². The monoisotopic (exact) mass is 477 g/mol. The third-order valence-electron chi connectivity index (χ3n) is 6.63. The Morgan fingerprint density at radius 3 is 2.91 bits per heavy atom. The van der Waals surface area contributed by atoms with Crippen LogP contribution in [0.1, 0.15) is 23.6 Å². The fourth-order valence-electron chi connectivity index (χ4n) is 4.60. The van der Waals surface area contributed by atoms with Gasteiger partial charge in [-0.05, 0) is 41.0 Å². The number of aromatic amines is 1. The van der Waals surface area contributed by atoms with Crippen LogP contribution >= 0.6 is 0 Å². The molecular formula is C24H27N7O4. The normalized spacial score (nSPS) is 17.2. The van der Waals surface area contributed by atoms with E-state index in [1.54, 1.807) is 31.1 Å². The van der Waals surface area contributed by atoms with Crippen molar-refractivity contribution in [2.24, 2.45) is 7.05 Å². The first kappa shape index (κ1) is 22.9. The molecule has 0 bridgehead atoms. The summed E-state index contributed by atoms with van der Waals surface area (Å²) in [5.41, 5.74) is 3.68.